The zero-order valence-electron chi connectivity index (χ0n) is 18.0. The van der Waals surface area contributed by atoms with E-state index in [0.29, 0.717) is 18.2 Å². The van der Waals surface area contributed by atoms with Gasteiger partial charge in [-0.15, -0.1) is 0 Å². The van der Waals surface area contributed by atoms with Gasteiger partial charge in [0.2, 0.25) is 0 Å². The lowest BCUT2D eigenvalue weighted by Crippen LogP contribution is -2.23. The van der Waals surface area contributed by atoms with Crippen molar-refractivity contribution in [3.63, 3.8) is 0 Å². The van der Waals surface area contributed by atoms with E-state index in [-0.39, 0.29) is 18.4 Å². The Morgan fingerprint density at radius 3 is 2.47 bits per heavy atom. The lowest BCUT2D eigenvalue weighted by atomic mass is 9.97. The Morgan fingerprint density at radius 2 is 1.78 bits per heavy atom. The Hall–Kier alpha value is -3.09. The minimum absolute atomic E-state index is 0.0812. The van der Waals surface area contributed by atoms with Crippen LogP contribution in [0.2, 0.25) is 0 Å². The molecule has 7 heteroatoms. The number of hydrogen-bond donors (Lipinski definition) is 0. The summed E-state index contributed by atoms with van der Waals surface area (Å²) in [6.07, 6.45) is 0.857. The van der Waals surface area contributed by atoms with E-state index in [4.69, 9.17) is 4.74 Å². The molecule has 0 radical (unpaired) electrons. The fourth-order valence-electron chi connectivity index (χ4n) is 4.21. The molecule has 168 valence electrons. The molecule has 1 saturated carbocycles. The van der Waals surface area contributed by atoms with Gasteiger partial charge in [0, 0.05) is 18.4 Å². The lowest BCUT2D eigenvalue weighted by molar-refractivity contribution is -0.137. The highest BCUT2D eigenvalue weighted by Gasteiger charge is 2.37. The van der Waals surface area contributed by atoms with Gasteiger partial charge in [-0.2, -0.15) is 18.2 Å². The van der Waals surface area contributed by atoms with Crippen LogP contribution in [0.3, 0.4) is 0 Å². The average molecular weight is 441 g/mol. The van der Waals surface area contributed by atoms with Crippen LogP contribution in [0, 0.1) is 0 Å². The molecule has 1 aliphatic carbocycles. The highest BCUT2D eigenvalue weighted by molar-refractivity contribution is 5.64. The van der Waals surface area contributed by atoms with Gasteiger partial charge in [-0.25, -0.2) is 4.98 Å². The van der Waals surface area contributed by atoms with Crippen LogP contribution in [0.4, 0.5) is 24.7 Å². The standard InChI is InChI=1S/C25H26F3N3O/c1-2-31(21-14-8-13-20(15-21)19-11-6-7-12-19)23-22(25(26,27)28)16-29-24(30-23)32-17-18-9-4-3-5-10-18/h3-5,8-10,13-16,19H,2,6-7,11-12,17H2,1H3. The van der Waals surface area contributed by atoms with Crippen molar-refractivity contribution in [1.82, 2.24) is 9.97 Å². The number of aromatic nitrogens is 2. The van der Waals surface area contributed by atoms with Crippen LogP contribution in [0.5, 0.6) is 6.01 Å². The van der Waals surface area contributed by atoms with E-state index in [1.54, 1.807) is 4.90 Å². The van der Waals surface area contributed by atoms with Crippen LogP contribution in [0.1, 0.15) is 55.2 Å². The number of anilines is 2. The fraction of sp³-hybridized carbons (Fsp3) is 0.360. The van der Waals surface area contributed by atoms with Gasteiger partial charge < -0.3 is 9.64 Å². The zero-order chi connectivity index (χ0) is 22.6. The molecule has 0 unspecified atom stereocenters. The average Bonchev–Trinajstić information content (AvgIpc) is 3.34. The highest BCUT2D eigenvalue weighted by atomic mass is 19.4. The van der Waals surface area contributed by atoms with Gasteiger partial charge in [0.1, 0.15) is 12.2 Å². The van der Waals surface area contributed by atoms with Crippen LogP contribution in [-0.4, -0.2) is 16.5 Å². The van der Waals surface area contributed by atoms with E-state index in [1.807, 2.05) is 55.5 Å². The molecular formula is C25H26F3N3O. The second-order valence-corrected chi connectivity index (χ2v) is 7.98. The van der Waals surface area contributed by atoms with Crippen LogP contribution in [0.25, 0.3) is 0 Å². The summed E-state index contributed by atoms with van der Waals surface area (Å²) in [4.78, 5) is 9.62. The number of halogens is 3. The van der Waals surface area contributed by atoms with E-state index in [9.17, 15) is 13.2 Å². The summed E-state index contributed by atoms with van der Waals surface area (Å²) in [6.45, 7) is 2.32. The number of nitrogens with zero attached hydrogens (tertiary/aromatic N) is 3. The minimum atomic E-state index is -4.58. The van der Waals surface area contributed by atoms with Gasteiger partial charge in [-0.1, -0.05) is 55.3 Å². The number of ether oxygens (including phenoxy) is 1. The summed E-state index contributed by atoms with van der Waals surface area (Å²) in [5.74, 6) is 0.271. The molecule has 0 spiro atoms. The van der Waals surface area contributed by atoms with Gasteiger partial charge >= 0.3 is 12.2 Å². The quantitative estimate of drug-likeness (QED) is 0.400. The van der Waals surface area contributed by atoms with Crippen molar-refractivity contribution >= 4 is 11.5 Å². The molecule has 0 bridgehead atoms. The number of hydrogen-bond acceptors (Lipinski definition) is 4. The van der Waals surface area contributed by atoms with Crippen molar-refractivity contribution in [2.45, 2.75) is 51.3 Å². The maximum atomic E-state index is 13.8. The molecule has 0 atom stereocenters. The van der Waals surface area contributed by atoms with Crippen molar-refractivity contribution < 1.29 is 17.9 Å². The second kappa shape index (κ2) is 9.59. The summed E-state index contributed by atoms with van der Waals surface area (Å²) < 4.78 is 47.1. The summed E-state index contributed by atoms with van der Waals surface area (Å²) in [6, 6.07) is 17.1. The van der Waals surface area contributed by atoms with E-state index in [0.717, 1.165) is 24.6 Å². The predicted octanol–water partition coefficient (Wildman–Crippen LogP) is 6.89. The Labute approximate surface area is 186 Å². The minimum Gasteiger partial charge on any atom is -0.459 e. The van der Waals surface area contributed by atoms with E-state index >= 15 is 0 Å². The Kier molecular flexibility index (Phi) is 6.63. The molecule has 0 N–H and O–H groups in total. The van der Waals surface area contributed by atoms with Crippen LogP contribution < -0.4 is 9.64 Å². The van der Waals surface area contributed by atoms with Gasteiger partial charge in [0.25, 0.3) is 0 Å². The van der Waals surface area contributed by atoms with Gasteiger partial charge in [-0.3, -0.25) is 0 Å². The summed E-state index contributed by atoms with van der Waals surface area (Å²) >= 11 is 0. The predicted molar refractivity (Wildman–Crippen MR) is 118 cm³/mol. The summed E-state index contributed by atoms with van der Waals surface area (Å²) in [5, 5.41) is 0. The summed E-state index contributed by atoms with van der Waals surface area (Å²) in [5.41, 5.74) is 1.86. The van der Waals surface area contributed by atoms with Crippen molar-refractivity contribution in [3.8, 4) is 6.01 Å². The molecule has 0 aliphatic heterocycles. The van der Waals surface area contributed by atoms with Crippen molar-refractivity contribution in [2.75, 3.05) is 11.4 Å². The molecule has 0 amide bonds. The molecule has 1 aliphatic rings. The third-order valence-electron chi connectivity index (χ3n) is 5.84. The normalized spacial score (nSPS) is 14.5. The SMILES string of the molecule is CCN(c1cccc(C2CCCC2)c1)c1nc(OCc2ccccc2)ncc1C(F)(F)F. The molecule has 2 aromatic carbocycles. The molecule has 4 rings (SSSR count). The van der Waals surface area contributed by atoms with E-state index in [1.165, 1.54) is 18.4 Å². The van der Waals surface area contributed by atoms with Crippen LogP contribution in [-0.2, 0) is 12.8 Å². The largest absolute Gasteiger partial charge is 0.459 e. The molecule has 3 aromatic rings. The highest BCUT2D eigenvalue weighted by Crippen LogP contribution is 2.40. The molecule has 4 nitrogen and oxygen atoms in total. The molecular weight excluding hydrogens is 415 g/mol. The molecule has 1 heterocycles. The third-order valence-corrected chi connectivity index (χ3v) is 5.84. The first-order valence-electron chi connectivity index (χ1n) is 10.9. The summed E-state index contributed by atoms with van der Waals surface area (Å²) in [7, 11) is 0. The Balaban J connectivity index is 1.67. The van der Waals surface area contributed by atoms with Gasteiger partial charge in [0.05, 0.1) is 0 Å². The fourth-order valence-corrected chi connectivity index (χ4v) is 4.21. The van der Waals surface area contributed by atoms with Crippen LogP contribution >= 0.6 is 0 Å². The van der Waals surface area contributed by atoms with Gasteiger partial charge in [0.15, 0.2) is 5.82 Å². The maximum Gasteiger partial charge on any atom is 0.421 e. The lowest BCUT2D eigenvalue weighted by Gasteiger charge is -2.26. The number of alkyl halides is 3. The topological polar surface area (TPSA) is 38.2 Å². The third kappa shape index (κ3) is 5.03. The number of rotatable bonds is 7. The molecule has 32 heavy (non-hydrogen) atoms. The van der Waals surface area contributed by atoms with Gasteiger partial charge in [-0.05, 0) is 48.9 Å². The van der Waals surface area contributed by atoms with Crippen molar-refractivity contribution in [3.05, 3.63) is 77.5 Å². The van der Waals surface area contributed by atoms with Crippen molar-refractivity contribution in [2.24, 2.45) is 0 Å². The van der Waals surface area contributed by atoms with E-state index < -0.39 is 11.7 Å². The Morgan fingerprint density at radius 1 is 1.03 bits per heavy atom. The van der Waals surface area contributed by atoms with Crippen LogP contribution in [0.15, 0.2) is 60.8 Å². The zero-order valence-corrected chi connectivity index (χ0v) is 18.0. The van der Waals surface area contributed by atoms with E-state index in [2.05, 4.69) is 16.0 Å². The van der Waals surface area contributed by atoms with Crippen molar-refractivity contribution in [1.29, 1.82) is 0 Å². The molecule has 0 saturated heterocycles. The second-order valence-electron chi connectivity index (χ2n) is 7.98. The smallest absolute Gasteiger partial charge is 0.421 e. The Bertz CT molecular complexity index is 1030. The first-order valence-corrected chi connectivity index (χ1v) is 10.9. The molecule has 1 aromatic heterocycles. The number of benzene rings is 2. The monoisotopic (exact) mass is 441 g/mol. The maximum absolute atomic E-state index is 13.8. The molecule has 1 fully saturated rings. The first kappa shape index (κ1) is 22.1. The first-order chi connectivity index (χ1) is 15.5.